The number of nitrogens with zero attached hydrogens (tertiary/aromatic N) is 2. The highest BCUT2D eigenvalue weighted by Crippen LogP contribution is 2.50. The number of carbonyl (C=O) groups excluding carboxylic acids is 1. The van der Waals surface area contributed by atoms with Gasteiger partial charge in [-0.15, -0.1) is 0 Å². The minimum atomic E-state index is -3.99. The molecule has 0 spiro atoms. The number of rotatable bonds is 4. The number of fused-ring (bicyclic) bond motifs is 1. The van der Waals surface area contributed by atoms with Crippen LogP contribution in [-0.4, -0.2) is 28.8 Å². The maximum atomic E-state index is 12.9. The molecular formula is C15H14FN3O3S. The van der Waals surface area contributed by atoms with Crippen molar-refractivity contribution >= 4 is 15.9 Å². The predicted molar refractivity (Wildman–Crippen MR) is 78.7 cm³/mol. The molecule has 1 unspecified atom stereocenters. The summed E-state index contributed by atoms with van der Waals surface area (Å²) in [6, 6.07) is 5.02. The summed E-state index contributed by atoms with van der Waals surface area (Å²) >= 11 is 0. The Morgan fingerprint density at radius 2 is 1.96 bits per heavy atom. The summed E-state index contributed by atoms with van der Waals surface area (Å²) in [5.74, 6) is -0.443. The SMILES string of the molecule is O=C1c2[nH]ncc2C(C2CC2)N1S(=O)(=O)c1ccc(CF)cc1. The molecule has 1 atom stereocenters. The topological polar surface area (TPSA) is 83.1 Å². The molecule has 1 aromatic heterocycles. The molecule has 6 nitrogen and oxygen atoms in total. The van der Waals surface area contributed by atoms with Crippen LogP contribution in [0.1, 0.15) is 40.5 Å². The van der Waals surface area contributed by atoms with Gasteiger partial charge in [-0.2, -0.15) is 5.10 Å². The largest absolute Gasteiger partial charge is 0.286 e. The van der Waals surface area contributed by atoms with Crippen LogP contribution < -0.4 is 0 Å². The number of aromatic nitrogens is 2. The number of nitrogens with one attached hydrogen (secondary N) is 1. The first kappa shape index (κ1) is 14.4. The Morgan fingerprint density at radius 1 is 1.26 bits per heavy atom. The van der Waals surface area contributed by atoms with Crippen LogP contribution in [0.4, 0.5) is 4.39 Å². The first-order valence-electron chi connectivity index (χ1n) is 7.31. The van der Waals surface area contributed by atoms with E-state index in [1.807, 2.05) is 0 Å². The average Bonchev–Trinajstić information content (AvgIpc) is 3.19. The van der Waals surface area contributed by atoms with Crippen molar-refractivity contribution in [2.24, 2.45) is 5.92 Å². The Morgan fingerprint density at radius 3 is 2.57 bits per heavy atom. The molecule has 1 fully saturated rings. The maximum absolute atomic E-state index is 12.9. The van der Waals surface area contributed by atoms with Gasteiger partial charge in [0.25, 0.3) is 15.9 Å². The molecule has 0 saturated heterocycles. The van der Waals surface area contributed by atoms with Crippen LogP contribution >= 0.6 is 0 Å². The van der Waals surface area contributed by atoms with Crippen molar-refractivity contribution in [3.8, 4) is 0 Å². The van der Waals surface area contributed by atoms with Gasteiger partial charge in [0.1, 0.15) is 12.4 Å². The van der Waals surface area contributed by atoms with Gasteiger partial charge in [0, 0.05) is 5.56 Å². The molecule has 1 aliphatic carbocycles. The van der Waals surface area contributed by atoms with E-state index in [4.69, 9.17) is 0 Å². The van der Waals surface area contributed by atoms with Crippen LogP contribution in [0.15, 0.2) is 35.4 Å². The Labute approximate surface area is 132 Å². The molecule has 0 bridgehead atoms. The number of alkyl halides is 1. The number of amides is 1. The maximum Gasteiger partial charge on any atom is 0.286 e. The highest BCUT2D eigenvalue weighted by Gasteiger charge is 2.51. The van der Waals surface area contributed by atoms with E-state index in [-0.39, 0.29) is 16.5 Å². The van der Waals surface area contributed by atoms with Crippen LogP contribution in [0.3, 0.4) is 0 Å². The van der Waals surface area contributed by atoms with E-state index < -0.39 is 28.6 Å². The third-order valence-corrected chi connectivity index (χ3v) is 6.14. The van der Waals surface area contributed by atoms with Gasteiger partial charge >= 0.3 is 0 Å². The van der Waals surface area contributed by atoms with Gasteiger partial charge in [-0.1, -0.05) is 12.1 Å². The summed E-state index contributed by atoms with van der Waals surface area (Å²) in [5.41, 5.74) is 1.28. The highest BCUT2D eigenvalue weighted by molar-refractivity contribution is 7.89. The number of hydrogen-bond donors (Lipinski definition) is 1. The number of hydrogen-bond acceptors (Lipinski definition) is 4. The second kappa shape index (κ2) is 4.89. The van der Waals surface area contributed by atoms with Crippen LogP contribution in [0, 0.1) is 5.92 Å². The van der Waals surface area contributed by atoms with Crippen LogP contribution in [0.25, 0.3) is 0 Å². The zero-order valence-corrected chi connectivity index (χ0v) is 12.9. The van der Waals surface area contributed by atoms with Crippen molar-refractivity contribution in [1.29, 1.82) is 0 Å². The normalized spacial score (nSPS) is 20.8. The first-order chi connectivity index (χ1) is 11.0. The number of aromatic amines is 1. The molecule has 8 heteroatoms. The van der Waals surface area contributed by atoms with E-state index in [0.717, 1.165) is 17.1 Å². The minimum absolute atomic E-state index is 0.00758. The molecule has 1 amide bonds. The summed E-state index contributed by atoms with van der Waals surface area (Å²) in [5, 5.41) is 6.45. The van der Waals surface area contributed by atoms with Gasteiger partial charge in [-0.05, 0) is 36.5 Å². The van der Waals surface area contributed by atoms with Crippen molar-refractivity contribution < 1.29 is 17.6 Å². The summed E-state index contributed by atoms with van der Waals surface area (Å²) in [7, 11) is -3.99. The highest BCUT2D eigenvalue weighted by atomic mass is 32.2. The Bertz CT molecular complexity index is 872. The van der Waals surface area contributed by atoms with E-state index in [0.29, 0.717) is 11.1 Å². The van der Waals surface area contributed by atoms with Gasteiger partial charge in [0.2, 0.25) is 0 Å². The summed E-state index contributed by atoms with van der Waals surface area (Å²) in [6.45, 7) is -0.663. The summed E-state index contributed by atoms with van der Waals surface area (Å²) in [6.07, 6.45) is 3.29. The second-order valence-corrected chi connectivity index (χ2v) is 7.68. The molecule has 2 aliphatic rings. The molecule has 4 rings (SSSR count). The minimum Gasteiger partial charge on any atom is -0.273 e. The van der Waals surface area contributed by atoms with E-state index in [1.54, 1.807) is 0 Å². The third-order valence-electron chi connectivity index (χ3n) is 4.36. The summed E-state index contributed by atoms with van der Waals surface area (Å²) in [4.78, 5) is 12.6. The monoisotopic (exact) mass is 335 g/mol. The van der Waals surface area contributed by atoms with E-state index in [2.05, 4.69) is 10.2 Å². The van der Waals surface area contributed by atoms with Crippen LogP contribution in [-0.2, 0) is 16.7 Å². The fourth-order valence-electron chi connectivity index (χ4n) is 3.03. The average molecular weight is 335 g/mol. The Kier molecular flexibility index (Phi) is 3.06. The molecule has 1 N–H and O–H groups in total. The lowest BCUT2D eigenvalue weighted by Crippen LogP contribution is -2.35. The van der Waals surface area contributed by atoms with Gasteiger partial charge in [-0.25, -0.2) is 17.1 Å². The third kappa shape index (κ3) is 2.08. The lowest BCUT2D eigenvalue weighted by atomic mass is 10.1. The van der Waals surface area contributed by atoms with Crippen LogP contribution in [0.5, 0.6) is 0 Å². The lowest BCUT2D eigenvalue weighted by Gasteiger charge is -2.24. The number of carbonyl (C=O) groups is 1. The zero-order valence-electron chi connectivity index (χ0n) is 12.1. The van der Waals surface area contributed by atoms with Crippen molar-refractivity contribution in [3.63, 3.8) is 0 Å². The van der Waals surface area contributed by atoms with E-state index in [1.165, 1.54) is 30.5 Å². The van der Waals surface area contributed by atoms with Gasteiger partial charge < -0.3 is 0 Å². The first-order valence-corrected chi connectivity index (χ1v) is 8.75. The van der Waals surface area contributed by atoms with Crippen molar-refractivity contribution in [1.82, 2.24) is 14.5 Å². The van der Waals surface area contributed by atoms with Crippen LogP contribution in [0.2, 0.25) is 0 Å². The molecule has 2 heterocycles. The number of benzene rings is 1. The number of sulfonamides is 1. The molecular weight excluding hydrogens is 321 g/mol. The van der Waals surface area contributed by atoms with Gasteiger partial charge in [0.15, 0.2) is 0 Å². The fraction of sp³-hybridized carbons (Fsp3) is 0.333. The standard InChI is InChI=1S/C15H14FN3O3S/c16-7-9-1-5-11(6-2-9)23(21,22)19-14(10-3-4-10)12-8-17-18-13(12)15(19)20/h1-2,5-6,8,10,14H,3-4,7H2,(H,17,18). The molecule has 1 aromatic carbocycles. The predicted octanol–water partition coefficient (Wildman–Crippen LogP) is 2.17. The summed E-state index contributed by atoms with van der Waals surface area (Å²) < 4.78 is 39.4. The molecule has 0 radical (unpaired) electrons. The van der Waals surface area contributed by atoms with E-state index >= 15 is 0 Å². The van der Waals surface area contributed by atoms with Crippen molar-refractivity contribution in [2.75, 3.05) is 0 Å². The lowest BCUT2D eigenvalue weighted by molar-refractivity contribution is 0.0838. The molecule has 120 valence electrons. The molecule has 23 heavy (non-hydrogen) atoms. The molecule has 1 aliphatic heterocycles. The smallest absolute Gasteiger partial charge is 0.273 e. The van der Waals surface area contributed by atoms with E-state index in [9.17, 15) is 17.6 Å². The quantitative estimate of drug-likeness (QED) is 0.928. The van der Waals surface area contributed by atoms with Gasteiger partial charge in [-0.3, -0.25) is 9.89 Å². The number of H-pyrrole nitrogens is 1. The molecule has 2 aromatic rings. The Balaban J connectivity index is 1.78. The number of halogens is 1. The van der Waals surface area contributed by atoms with Crippen molar-refractivity contribution in [3.05, 3.63) is 47.3 Å². The van der Waals surface area contributed by atoms with Gasteiger partial charge in [0.05, 0.1) is 17.1 Å². The zero-order chi connectivity index (χ0) is 16.2. The second-order valence-electron chi connectivity index (χ2n) is 5.87. The fourth-order valence-corrected chi connectivity index (χ4v) is 4.64. The molecule has 1 saturated carbocycles. The Hall–Kier alpha value is -2.22. The van der Waals surface area contributed by atoms with Crippen molar-refractivity contribution in [2.45, 2.75) is 30.5 Å².